The van der Waals surface area contributed by atoms with E-state index in [-0.39, 0.29) is 42.1 Å². The summed E-state index contributed by atoms with van der Waals surface area (Å²) in [5.41, 5.74) is 0. The van der Waals surface area contributed by atoms with E-state index in [1.165, 1.54) is 19.5 Å². The van der Waals surface area contributed by atoms with Crippen LogP contribution in [-0.2, 0) is 42.1 Å². The first-order chi connectivity index (χ1) is 1.00. The molecule has 0 bridgehead atoms. The molecule has 0 rings (SSSR count). The Morgan fingerprint density at radius 3 is 1.00 bits per heavy atom. The summed E-state index contributed by atoms with van der Waals surface area (Å²) in [5, 5.41) is 0. The third-order valence-electron chi connectivity index (χ3n) is 0. The maximum Gasteiger partial charge on any atom is 0 e. The maximum atomic E-state index is 1.44. The second-order valence-electron chi connectivity index (χ2n) is 0. The van der Waals surface area contributed by atoms with E-state index in [0.29, 0.717) is 0 Å². The molecule has 0 aliphatic heterocycles. The van der Waals surface area contributed by atoms with Gasteiger partial charge in [0.05, 0.1) is 0 Å². The van der Waals surface area contributed by atoms with Crippen molar-refractivity contribution in [2.45, 2.75) is 0 Å². The molecule has 0 aromatic carbocycles. The van der Waals surface area contributed by atoms with Crippen LogP contribution in [0.1, 0.15) is 0 Å². The summed E-state index contributed by atoms with van der Waals surface area (Å²) in [6.07, 6.45) is 0. The molecule has 0 spiro atoms. The molecule has 4 heteroatoms. The van der Waals surface area contributed by atoms with Gasteiger partial charge in [-0.1, -0.05) is 0 Å². The number of rotatable bonds is 0. The Morgan fingerprint density at radius 2 is 1.00 bits per heavy atom. The Morgan fingerprint density at radius 1 is 1.00 bits per heavy atom. The minimum atomic E-state index is 0. The molecule has 0 saturated carbocycles. The van der Waals surface area contributed by atoms with Crippen molar-refractivity contribution in [1.82, 2.24) is 0 Å². The summed E-state index contributed by atoms with van der Waals surface area (Å²) in [4.78, 5) is 0. The van der Waals surface area contributed by atoms with Crippen molar-refractivity contribution in [3.05, 3.63) is 0 Å². The van der Waals surface area contributed by atoms with E-state index in [2.05, 4.69) is 0 Å². The van der Waals surface area contributed by atoms with E-state index in [1.54, 1.807) is 0 Å². The zero-order chi connectivity index (χ0) is 2.00. The summed E-state index contributed by atoms with van der Waals surface area (Å²) < 4.78 is 0. The van der Waals surface area contributed by atoms with Crippen molar-refractivity contribution in [2.75, 3.05) is 0 Å². The normalized spacial score (nSPS) is 3.00. The van der Waals surface area contributed by atoms with E-state index in [1.807, 2.05) is 0 Å². The molecule has 0 aromatic rings. The second-order valence-corrected chi connectivity index (χ2v) is 0. The first kappa shape index (κ1) is 17.0. The summed E-state index contributed by atoms with van der Waals surface area (Å²) in [5.74, 6) is 0. The van der Waals surface area contributed by atoms with Crippen LogP contribution in [0.3, 0.4) is 0 Å². The van der Waals surface area contributed by atoms with Gasteiger partial charge in [-0.3, -0.25) is 0 Å². The molecule has 0 aromatic heterocycles. The van der Waals surface area contributed by atoms with Gasteiger partial charge in [0.25, 0.3) is 0 Å². The molecule has 0 aliphatic carbocycles. The van der Waals surface area contributed by atoms with E-state index >= 15 is 0 Å². The standard InChI is InChI=1S/Mo.H6Si2.W/c;1-2;/h;1-2H3;. The minimum Gasteiger partial charge on any atom is -0.0125 e. The molecule has 0 aliphatic rings. The summed E-state index contributed by atoms with van der Waals surface area (Å²) >= 11 is 0. The van der Waals surface area contributed by atoms with Crippen LogP contribution in [0, 0.1) is 0 Å². The van der Waals surface area contributed by atoms with Crippen molar-refractivity contribution in [2.24, 2.45) is 0 Å². The van der Waals surface area contributed by atoms with Crippen LogP contribution < -0.4 is 0 Å². The average molecular weight is 342 g/mol. The van der Waals surface area contributed by atoms with Gasteiger partial charge in [-0.2, -0.15) is 0 Å². The fourth-order valence-electron chi connectivity index (χ4n) is 0. The Bertz CT molecular complexity index is 6.00. The predicted octanol–water partition coefficient (Wildman–Crippen LogP) is -2.37. The van der Waals surface area contributed by atoms with Gasteiger partial charge < -0.3 is 0 Å². The van der Waals surface area contributed by atoms with Crippen LogP contribution in [0.25, 0.3) is 0 Å². The molecule has 0 fully saturated rings. The molecule has 0 saturated heterocycles. The Balaban J connectivity index is -0.00000000500. The number of hydrogen-bond acceptors (Lipinski definition) is 0. The third-order valence-corrected chi connectivity index (χ3v) is 0. The van der Waals surface area contributed by atoms with E-state index < -0.39 is 0 Å². The minimum absolute atomic E-state index is 0. The SMILES string of the molecule is [Mo].[SiH3][SiH3].[W]. The van der Waals surface area contributed by atoms with Gasteiger partial charge in [0, 0.05) is 42.1 Å². The summed E-state index contributed by atoms with van der Waals surface area (Å²) in [7, 11) is 2.89. The predicted molar refractivity (Wildman–Crippen MR) is 19.9 cm³/mol. The largest absolute Gasteiger partial charge is 0.0125 e. The average Bonchev–Trinajstić information content (AvgIpc) is 1.00. The van der Waals surface area contributed by atoms with Crippen molar-refractivity contribution >= 4 is 19.5 Å². The molecule has 0 radical (unpaired) electrons. The molecule has 0 unspecified atom stereocenters. The van der Waals surface area contributed by atoms with Crippen LogP contribution in [0.4, 0.5) is 0 Å². The smallest absolute Gasteiger partial charge is 0 e. The van der Waals surface area contributed by atoms with Crippen LogP contribution >= 0.6 is 0 Å². The van der Waals surface area contributed by atoms with Crippen LogP contribution in [0.5, 0.6) is 0 Å². The molecule has 0 N–H and O–H groups in total. The van der Waals surface area contributed by atoms with Gasteiger partial charge in [-0.25, -0.2) is 0 Å². The summed E-state index contributed by atoms with van der Waals surface area (Å²) in [6.45, 7) is 0. The first-order valence-electron chi connectivity index (χ1n) is 1.00. The van der Waals surface area contributed by atoms with E-state index in [9.17, 15) is 0 Å². The van der Waals surface area contributed by atoms with Crippen molar-refractivity contribution in [3.63, 3.8) is 0 Å². The molecule has 0 atom stereocenters. The monoisotopic (exact) mass is 344 g/mol. The Hall–Kier alpha value is 1.81. The van der Waals surface area contributed by atoms with Crippen LogP contribution in [-0.4, -0.2) is 19.5 Å². The quantitative estimate of drug-likeness (QED) is 0.432. The van der Waals surface area contributed by atoms with Gasteiger partial charge in [-0.15, -0.1) is 0 Å². The van der Waals surface area contributed by atoms with E-state index in [4.69, 9.17) is 0 Å². The van der Waals surface area contributed by atoms with Crippen molar-refractivity contribution in [1.29, 1.82) is 0 Å². The van der Waals surface area contributed by atoms with Gasteiger partial charge in [-0.05, 0) is 19.5 Å². The van der Waals surface area contributed by atoms with Crippen LogP contribution in [0.2, 0.25) is 0 Å². The van der Waals surface area contributed by atoms with Gasteiger partial charge in [0.1, 0.15) is 0 Å². The van der Waals surface area contributed by atoms with Gasteiger partial charge >= 0.3 is 0 Å². The Labute approximate surface area is 61.3 Å². The molecule has 0 amide bonds. The Kier molecular flexibility index (Phi) is 90.7. The molecule has 0 nitrogen and oxygen atoms in total. The summed E-state index contributed by atoms with van der Waals surface area (Å²) in [6, 6.07) is 0. The third kappa shape index (κ3) is 9.18. The zero-order valence-electron chi connectivity index (χ0n) is 2.82. The fraction of sp³-hybridized carbons (Fsp3) is 0. The van der Waals surface area contributed by atoms with Crippen molar-refractivity contribution < 1.29 is 42.1 Å². The fourth-order valence-corrected chi connectivity index (χ4v) is 0. The van der Waals surface area contributed by atoms with E-state index in [0.717, 1.165) is 0 Å². The molecule has 4 heavy (non-hydrogen) atoms. The van der Waals surface area contributed by atoms with Crippen LogP contribution in [0.15, 0.2) is 0 Å². The molecular weight excluding hydrogens is 336 g/mol. The zero-order valence-corrected chi connectivity index (χ0v) is 11.8. The second kappa shape index (κ2) is 21.3. The maximum absolute atomic E-state index is 1.44. The first-order valence-corrected chi connectivity index (χ1v) is 9.00. The topological polar surface area (TPSA) is 0 Å². The van der Waals surface area contributed by atoms with Gasteiger partial charge in [0.2, 0.25) is 0 Å². The molecule has 26 valence electrons. The molecular formula is H6MoSi2W. The van der Waals surface area contributed by atoms with Gasteiger partial charge in [0.15, 0.2) is 0 Å². The number of hydrogen-bond donors (Lipinski definition) is 0. The van der Waals surface area contributed by atoms with Crippen molar-refractivity contribution in [3.8, 4) is 0 Å². The molecule has 0 heterocycles.